The molecule has 0 aromatic heterocycles. The van der Waals surface area contributed by atoms with E-state index in [2.05, 4.69) is 24.0 Å². The van der Waals surface area contributed by atoms with Crippen molar-refractivity contribution < 1.29 is 14.6 Å². The number of aliphatic hydroxyl groups excluding tert-OH is 1. The van der Waals surface area contributed by atoms with Crippen LogP contribution in [0.15, 0.2) is 48.5 Å². The zero-order valence-electron chi connectivity index (χ0n) is 17.2. The third-order valence-corrected chi connectivity index (χ3v) is 6.19. The molecule has 2 aromatic carbocycles. The number of aliphatic hydroxyl groups is 1. The van der Waals surface area contributed by atoms with Crippen LogP contribution in [0.1, 0.15) is 55.3 Å². The minimum Gasteiger partial charge on any atom is -0.399 e. The maximum Gasteiger partial charge on any atom is 0.185 e. The fraction of sp³-hybridized carbons (Fsp3) is 0.500. The quantitative estimate of drug-likeness (QED) is 0.747. The highest BCUT2D eigenvalue weighted by Crippen LogP contribution is 2.42. The summed E-state index contributed by atoms with van der Waals surface area (Å²) in [5.41, 5.74) is 9.71. The SMILES string of the molecule is C[C@H]1[C@@H](CN2CCCCC2)O[C@@H](c2cccc(N)c2)O[C@H]1c1ccc(CO)cc1. The fourth-order valence-electron chi connectivity index (χ4n) is 4.43. The Morgan fingerprint density at radius 1 is 1.00 bits per heavy atom. The number of nitrogens with zero attached hydrogens (tertiary/aromatic N) is 1. The molecule has 4 rings (SSSR count). The number of piperidine rings is 1. The van der Waals surface area contributed by atoms with Crippen LogP contribution in [-0.4, -0.2) is 35.7 Å². The fourth-order valence-corrected chi connectivity index (χ4v) is 4.43. The molecule has 2 aromatic rings. The minimum atomic E-state index is -0.438. The normalized spacial score (nSPS) is 28.3. The summed E-state index contributed by atoms with van der Waals surface area (Å²) in [6.45, 7) is 5.48. The van der Waals surface area contributed by atoms with E-state index in [9.17, 15) is 5.11 Å². The molecule has 0 unspecified atom stereocenters. The molecule has 29 heavy (non-hydrogen) atoms. The summed E-state index contributed by atoms with van der Waals surface area (Å²) in [5.74, 6) is 0.217. The Balaban J connectivity index is 1.59. The monoisotopic (exact) mass is 396 g/mol. The number of likely N-dealkylation sites (tertiary alicyclic amines) is 1. The molecule has 2 fully saturated rings. The summed E-state index contributed by atoms with van der Waals surface area (Å²) in [6, 6.07) is 15.8. The first-order valence-electron chi connectivity index (χ1n) is 10.7. The van der Waals surface area contributed by atoms with Gasteiger partial charge in [-0.15, -0.1) is 0 Å². The lowest BCUT2D eigenvalue weighted by molar-refractivity contribution is -0.276. The minimum absolute atomic E-state index is 0.0496. The van der Waals surface area contributed by atoms with Crippen LogP contribution >= 0.6 is 0 Å². The Labute approximate surface area is 173 Å². The van der Waals surface area contributed by atoms with Crippen LogP contribution in [0.2, 0.25) is 0 Å². The highest BCUT2D eigenvalue weighted by molar-refractivity contribution is 5.41. The number of hydrogen-bond donors (Lipinski definition) is 2. The van der Waals surface area contributed by atoms with Crippen LogP contribution in [0.4, 0.5) is 5.69 Å². The summed E-state index contributed by atoms with van der Waals surface area (Å²) < 4.78 is 12.9. The summed E-state index contributed by atoms with van der Waals surface area (Å²) in [7, 11) is 0. The summed E-state index contributed by atoms with van der Waals surface area (Å²) in [6.07, 6.45) is 3.43. The maximum atomic E-state index is 9.36. The molecule has 0 bridgehead atoms. The third kappa shape index (κ3) is 4.81. The lowest BCUT2D eigenvalue weighted by Crippen LogP contribution is -2.45. The van der Waals surface area contributed by atoms with Gasteiger partial charge in [-0.3, -0.25) is 0 Å². The van der Waals surface area contributed by atoms with Gasteiger partial charge in [0.15, 0.2) is 6.29 Å². The van der Waals surface area contributed by atoms with Gasteiger partial charge < -0.3 is 25.2 Å². The van der Waals surface area contributed by atoms with Crippen LogP contribution in [0.5, 0.6) is 0 Å². The van der Waals surface area contributed by atoms with Crippen molar-refractivity contribution >= 4 is 5.69 Å². The summed E-state index contributed by atoms with van der Waals surface area (Å²) >= 11 is 0. The van der Waals surface area contributed by atoms with Gasteiger partial charge in [-0.05, 0) is 49.2 Å². The van der Waals surface area contributed by atoms with Crippen molar-refractivity contribution in [3.05, 3.63) is 65.2 Å². The number of benzene rings is 2. The Morgan fingerprint density at radius 2 is 1.76 bits per heavy atom. The van der Waals surface area contributed by atoms with E-state index < -0.39 is 6.29 Å². The average Bonchev–Trinajstić information content (AvgIpc) is 2.76. The van der Waals surface area contributed by atoms with Crippen LogP contribution < -0.4 is 5.73 Å². The number of hydrogen-bond acceptors (Lipinski definition) is 5. The number of nitrogen functional groups attached to an aromatic ring is 1. The first-order valence-corrected chi connectivity index (χ1v) is 10.7. The van der Waals surface area contributed by atoms with E-state index in [4.69, 9.17) is 15.2 Å². The molecule has 2 aliphatic heterocycles. The summed E-state index contributed by atoms with van der Waals surface area (Å²) in [4.78, 5) is 2.53. The Hall–Kier alpha value is -1.92. The van der Waals surface area contributed by atoms with E-state index in [1.165, 1.54) is 19.3 Å². The molecular weight excluding hydrogens is 364 g/mol. The smallest absolute Gasteiger partial charge is 0.185 e. The predicted molar refractivity (Wildman–Crippen MR) is 114 cm³/mol. The molecule has 0 spiro atoms. The molecule has 5 heteroatoms. The standard InChI is InChI=1S/C24H32N2O3/c1-17-22(15-26-12-3-2-4-13-26)28-24(20-6-5-7-21(25)14-20)29-23(17)19-10-8-18(16-27)9-11-19/h5-11,14,17,22-24,27H,2-4,12-13,15-16,25H2,1H3/t17-,22+,23+,24+/m0/s1. The van der Waals surface area contributed by atoms with Crippen molar-refractivity contribution in [2.45, 2.75) is 51.3 Å². The van der Waals surface area contributed by atoms with Crippen molar-refractivity contribution in [1.29, 1.82) is 0 Å². The zero-order chi connectivity index (χ0) is 20.2. The molecule has 156 valence electrons. The van der Waals surface area contributed by atoms with Gasteiger partial charge in [0.05, 0.1) is 18.8 Å². The molecule has 4 atom stereocenters. The van der Waals surface area contributed by atoms with Gasteiger partial charge in [0.1, 0.15) is 0 Å². The van der Waals surface area contributed by atoms with Crippen LogP contribution in [-0.2, 0) is 16.1 Å². The maximum absolute atomic E-state index is 9.36. The topological polar surface area (TPSA) is 68.0 Å². The van der Waals surface area contributed by atoms with E-state index in [0.717, 1.165) is 36.3 Å². The summed E-state index contributed by atoms with van der Waals surface area (Å²) in [5, 5.41) is 9.36. The van der Waals surface area contributed by atoms with Gasteiger partial charge in [0.2, 0.25) is 0 Å². The van der Waals surface area contributed by atoms with Crippen molar-refractivity contribution in [2.75, 3.05) is 25.4 Å². The van der Waals surface area contributed by atoms with Crippen molar-refractivity contribution in [3.63, 3.8) is 0 Å². The molecule has 3 N–H and O–H groups in total. The van der Waals surface area contributed by atoms with Crippen molar-refractivity contribution in [2.24, 2.45) is 5.92 Å². The second-order valence-electron chi connectivity index (χ2n) is 8.35. The predicted octanol–water partition coefficient (Wildman–Crippen LogP) is 4.04. The van der Waals surface area contributed by atoms with Crippen molar-refractivity contribution in [1.82, 2.24) is 4.90 Å². The molecule has 0 amide bonds. The lowest BCUT2D eigenvalue weighted by atomic mass is 9.89. The molecular formula is C24H32N2O3. The molecule has 2 heterocycles. The number of rotatable bonds is 5. The second-order valence-corrected chi connectivity index (χ2v) is 8.35. The largest absolute Gasteiger partial charge is 0.399 e. The molecule has 5 nitrogen and oxygen atoms in total. The Morgan fingerprint density at radius 3 is 2.45 bits per heavy atom. The highest BCUT2D eigenvalue weighted by Gasteiger charge is 2.39. The first kappa shape index (κ1) is 20.4. The van der Waals surface area contributed by atoms with Gasteiger partial charge >= 0.3 is 0 Å². The molecule has 2 aliphatic rings. The highest BCUT2D eigenvalue weighted by atomic mass is 16.7. The molecule has 0 aliphatic carbocycles. The number of ether oxygens (including phenoxy) is 2. The molecule has 2 saturated heterocycles. The van der Waals surface area contributed by atoms with Crippen molar-refractivity contribution in [3.8, 4) is 0 Å². The van der Waals surface area contributed by atoms with Gasteiger partial charge in [-0.25, -0.2) is 0 Å². The Kier molecular flexibility index (Phi) is 6.50. The van der Waals surface area contributed by atoms with Crippen LogP contribution in [0, 0.1) is 5.92 Å². The van der Waals surface area contributed by atoms with Gasteiger partial charge in [0.25, 0.3) is 0 Å². The van der Waals surface area contributed by atoms with E-state index in [-0.39, 0.29) is 24.7 Å². The third-order valence-electron chi connectivity index (χ3n) is 6.19. The molecule has 0 radical (unpaired) electrons. The van der Waals surface area contributed by atoms with Gasteiger partial charge in [-0.1, -0.05) is 49.7 Å². The Bertz CT molecular complexity index is 789. The van der Waals surface area contributed by atoms with E-state index in [0.29, 0.717) is 5.69 Å². The van der Waals surface area contributed by atoms with Gasteiger partial charge in [0, 0.05) is 23.7 Å². The number of nitrogens with two attached hydrogens (primary N) is 1. The van der Waals surface area contributed by atoms with Crippen LogP contribution in [0.3, 0.4) is 0 Å². The first-order chi connectivity index (χ1) is 14.1. The lowest BCUT2D eigenvalue weighted by Gasteiger charge is -2.43. The zero-order valence-corrected chi connectivity index (χ0v) is 17.2. The van der Waals surface area contributed by atoms with E-state index >= 15 is 0 Å². The molecule has 0 saturated carbocycles. The van der Waals surface area contributed by atoms with Gasteiger partial charge in [-0.2, -0.15) is 0 Å². The van der Waals surface area contributed by atoms with E-state index in [1.807, 2.05) is 36.4 Å². The van der Waals surface area contributed by atoms with Crippen LogP contribution in [0.25, 0.3) is 0 Å². The average molecular weight is 397 g/mol. The number of anilines is 1. The second kappa shape index (κ2) is 9.26. The van der Waals surface area contributed by atoms with E-state index in [1.54, 1.807) is 0 Å².